The fraction of sp³-hybridized carbons (Fsp3) is 0.783. The second kappa shape index (κ2) is 7.30. The Morgan fingerprint density at radius 1 is 1.23 bits per heavy atom. The highest BCUT2D eigenvalue weighted by atomic mass is 32.1. The smallest absolute Gasteiger partial charge is 0.229 e. The molecule has 1 aromatic heterocycles. The molecule has 30 heavy (non-hydrogen) atoms. The number of hydrogen-bond acceptors (Lipinski definition) is 5. The van der Waals surface area contributed by atoms with Crippen molar-refractivity contribution in [3.63, 3.8) is 0 Å². The van der Waals surface area contributed by atoms with Crippen molar-refractivity contribution in [3.8, 4) is 0 Å². The molecule has 0 radical (unpaired) electrons. The molecule has 6 atom stereocenters. The third-order valence-corrected chi connectivity index (χ3v) is 9.07. The number of anilines is 1. The van der Waals surface area contributed by atoms with Crippen LogP contribution in [-0.4, -0.2) is 34.1 Å². The average molecular weight is 432 g/mol. The third kappa shape index (κ3) is 3.58. The Labute approximate surface area is 182 Å². The molecule has 5 rings (SSSR count). The van der Waals surface area contributed by atoms with Gasteiger partial charge in [0.1, 0.15) is 0 Å². The Kier molecular flexibility index (Phi) is 4.97. The van der Waals surface area contributed by atoms with Crippen LogP contribution in [0.4, 0.5) is 5.13 Å². The number of carbonyl (C=O) groups is 2. The summed E-state index contributed by atoms with van der Waals surface area (Å²) in [6, 6.07) is 0.349. The van der Waals surface area contributed by atoms with Gasteiger partial charge in [-0.25, -0.2) is 4.98 Å². The zero-order valence-corrected chi connectivity index (χ0v) is 18.9. The summed E-state index contributed by atoms with van der Waals surface area (Å²) in [5.74, 6) is 0.337. The van der Waals surface area contributed by atoms with Gasteiger partial charge in [0, 0.05) is 28.7 Å². The van der Waals surface area contributed by atoms with Gasteiger partial charge in [0.25, 0.3) is 0 Å². The molecule has 164 valence electrons. The molecule has 0 aliphatic heterocycles. The maximum Gasteiger partial charge on any atom is 0.229 e. The van der Waals surface area contributed by atoms with E-state index in [-0.39, 0.29) is 46.8 Å². The van der Waals surface area contributed by atoms with Crippen molar-refractivity contribution < 1.29 is 14.7 Å². The molecule has 0 unspecified atom stereocenters. The molecule has 0 saturated heterocycles. The number of aromatic nitrogens is 1. The number of carbonyl (C=O) groups excluding carboxylic acids is 2. The highest BCUT2D eigenvalue weighted by Crippen LogP contribution is 2.57. The van der Waals surface area contributed by atoms with Gasteiger partial charge in [0.2, 0.25) is 11.8 Å². The van der Waals surface area contributed by atoms with Crippen molar-refractivity contribution in [1.82, 2.24) is 10.3 Å². The van der Waals surface area contributed by atoms with Gasteiger partial charge < -0.3 is 15.7 Å². The van der Waals surface area contributed by atoms with Crippen molar-refractivity contribution in [2.45, 2.75) is 83.8 Å². The number of nitrogens with zero attached hydrogens (tertiary/aromatic N) is 1. The Balaban J connectivity index is 1.35. The molecule has 4 aliphatic rings. The van der Waals surface area contributed by atoms with E-state index in [1.807, 2.05) is 6.92 Å². The predicted molar refractivity (Wildman–Crippen MR) is 116 cm³/mol. The predicted octanol–water partition coefficient (Wildman–Crippen LogP) is 3.46. The summed E-state index contributed by atoms with van der Waals surface area (Å²) in [5, 5.41) is 18.3. The second-order valence-corrected chi connectivity index (χ2v) is 11.6. The maximum atomic E-state index is 12.7. The number of aliphatic hydroxyl groups excluding tert-OH is 1. The van der Waals surface area contributed by atoms with Crippen molar-refractivity contribution >= 4 is 28.3 Å². The molecule has 1 heterocycles. The molecule has 0 bridgehead atoms. The Morgan fingerprint density at radius 3 is 2.63 bits per heavy atom. The zero-order valence-electron chi connectivity index (χ0n) is 18.1. The van der Waals surface area contributed by atoms with E-state index in [2.05, 4.69) is 24.5 Å². The van der Waals surface area contributed by atoms with Crippen molar-refractivity contribution in [2.75, 3.05) is 5.32 Å². The summed E-state index contributed by atoms with van der Waals surface area (Å²) in [4.78, 5) is 30.9. The molecule has 6 nitrogen and oxygen atoms in total. The first-order chi connectivity index (χ1) is 14.3. The van der Waals surface area contributed by atoms with Gasteiger partial charge in [0.05, 0.1) is 11.8 Å². The van der Waals surface area contributed by atoms with E-state index in [0.29, 0.717) is 11.2 Å². The van der Waals surface area contributed by atoms with Gasteiger partial charge in [-0.1, -0.05) is 20.8 Å². The minimum atomic E-state index is -0.516. The van der Waals surface area contributed by atoms with Gasteiger partial charge in [-0.05, 0) is 62.2 Å². The van der Waals surface area contributed by atoms with Crippen LogP contribution in [0, 0.1) is 29.1 Å². The lowest BCUT2D eigenvalue weighted by Gasteiger charge is -2.53. The Morgan fingerprint density at radius 2 is 1.97 bits per heavy atom. The van der Waals surface area contributed by atoms with Gasteiger partial charge in [-0.3, -0.25) is 9.59 Å². The van der Waals surface area contributed by atoms with Crippen LogP contribution in [0.5, 0.6) is 0 Å². The highest BCUT2D eigenvalue weighted by Gasteiger charge is 2.54. The van der Waals surface area contributed by atoms with E-state index in [4.69, 9.17) is 4.98 Å². The number of nitrogens with one attached hydrogen (secondary N) is 2. The number of thiazole rings is 1. The van der Waals surface area contributed by atoms with Crippen LogP contribution in [-0.2, 0) is 16.0 Å². The largest absolute Gasteiger partial charge is 0.392 e. The normalized spacial score (nSPS) is 36.4. The quantitative estimate of drug-likeness (QED) is 0.666. The lowest BCUT2D eigenvalue weighted by molar-refractivity contribution is -0.134. The Hall–Kier alpha value is -1.47. The summed E-state index contributed by atoms with van der Waals surface area (Å²) in [5.41, 5.74) is 1.03. The lowest BCUT2D eigenvalue weighted by Crippen LogP contribution is -2.53. The molecular weight excluding hydrogens is 398 g/mol. The fourth-order valence-electron chi connectivity index (χ4n) is 5.91. The standard InChI is InChI=1S/C23H33N3O3S/c1-11(20(28)24-14-6-7-14)15-8-9-23(3)10-16-18(12(2)17(23)19(15)27)25-22(30-16)26-21(29)13-4-5-13/h11-15,17,19,27H,4-10H2,1-3H3,(H,24,28)(H,25,26,29)/t11-,12-,15+,17+,19-,23-/m0/s1. The number of rotatable bonds is 5. The number of amides is 2. The van der Waals surface area contributed by atoms with Crippen LogP contribution in [0.2, 0.25) is 0 Å². The lowest BCUT2D eigenvalue weighted by atomic mass is 9.53. The fourth-order valence-corrected chi connectivity index (χ4v) is 7.17. The van der Waals surface area contributed by atoms with Gasteiger partial charge in [-0.2, -0.15) is 0 Å². The maximum absolute atomic E-state index is 12.7. The molecule has 3 saturated carbocycles. The molecule has 4 aliphatic carbocycles. The summed E-state index contributed by atoms with van der Waals surface area (Å²) < 4.78 is 0. The minimum Gasteiger partial charge on any atom is -0.392 e. The number of hydrogen-bond donors (Lipinski definition) is 3. The van der Waals surface area contributed by atoms with E-state index in [1.165, 1.54) is 4.88 Å². The molecule has 0 spiro atoms. The first-order valence-electron chi connectivity index (χ1n) is 11.6. The Bertz CT molecular complexity index is 862. The highest BCUT2D eigenvalue weighted by molar-refractivity contribution is 7.15. The molecule has 2 amide bonds. The van der Waals surface area contributed by atoms with E-state index >= 15 is 0 Å². The first-order valence-corrected chi connectivity index (χ1v) is 12.4. The second-order valence-electron chi connectivity index (χ2n) is 10.5. The van der Waals surface area contributed by atoms with E-state index in [1.54, 1.807) is 11.3 Å². The van der Waals surface area contributed by atoms with Crippen molar-refractivity contribution in [2.24, 2.45) is 29.1 Å². The summed E-state index contributed by atoms with van der Waals surface area (Å²) in [6.45, 7) is 6.42. The SMILES string of the molecule is C[C@H](C(=O)NC1CC1)[C@H]1CC[C@@]2(C)Cc3sc(NC(=O)C4CC4)nc3[C@@H](C)[C@@H]2[C@H]1O. The number of fused-ring (bicyclic) bond motifs is 2. The van der Waals surface area contributed by atoms with Crippen LogP contribution < -0.4 is 10.6 Å². The van der Waals surface area contributed by atoms with E-state index in [0.717, 1.165) is 50.6 Å². The molecule has 1 aromatic rings. The van der Waals surface area contributed by atoms with Crippen LogP contribution >= 0.6 is 11.3 Å². The molecule has 3 fully saturated rings. The summed E-state index contributed by atoms with van der Waals surface area (Å²) >= 11 is 1.61. The monoisotopic (exact) mass is 431 g/mol. The van der Waals surface area contributed by atoms with E-state index in [9.17, 15) is 14.7 Å². The zero-order chi connectivity index (χ0) is 21.2. The molecule has 3 N–H and O–H groups in total. The van der Waals surface area contributed by atoms with Crippen LogP contribution in [0.15, 0.2) is 0 Å². The number of aliphatic hydroxyl groups is 1. The first kappa shape index (κ1) is 20.4. The van der Waals surface area contributed by atoms with Gasteiger partial charge in [0.15, 0.2) is 5.13 Å². The summed E-state index contributed by atoms with van der Waals surface area (Å²) in [6.07, 6.45) is 6.37. The molecular formula is C23H33N3O3S. The minimum absolute atomic E-state index is 0.000668. The van der Waals surface area contributed by atoms with E-state index < -0.39 is 6.10 Å². The van der Waals surface area contributed by atoms with Crippen LogP contribution in [0.3, 0.4) is 0 Å². The average Bonchev–Trinajstić information content (AvgIpc) is 3.60. The third-order valence-electron chi connectivity index (χ3n) is 8.08. The van der Waals surface area contributed by atoms with Crippen molar-refractivity contribution in [1.29, 1.82) is 0 Å². The van der Waals surface area contributed by atoms with Gasteiger partial charge in [-0.15, -0.1) is 11.3 Å². The molecule has 7 heteroatoms. The molecule has 0 aromatic carbocycles. The summed E-state index contributed by atoms with van der Waals surface area (Å²) in [7, 11) is 0. The van der Waals surface area contributed by atoms with Crippen molar-refractivity contribution in [3.05, 3.63) is 10.6 Å². The van der Waals surface area contributed by atoms with Crippen LogP contribution in [0.1, 0.15) is 75.8 Å². The van der Waals surface area contributed by atoms with Gasteiger partial charge >= 0.3 is 0 Å². The van der Waals surface area contributed by atoms with Crippen LogP contribution in [0.25, 0.3) is 0 Å². The topological polar surface area (TPSA) is 91.3 Å².